The Hall–Kier alpha value is -1.10. The van der Waals surface area contributed by atoms with E-state index in [4.69, 9.17) is 5.73 Å². The Morgan fingerprint density at radius 3 is 2.12 bits per heavy atom. The van der Waals surface area contributed by atoms with Gasteiger partial charge in [-0.3, -0.25) is 9.59 Å². The summed E-state index contributed by atoms with van der Waals surface area (Å²) in [6.45, 7) is 9.40. The summed E-state index contributed by atoms with van der Waals surface area (Å²) in [4.78, 5) is 23.6. The number of carbonyl (C=O) groups excluding carboxylic acids is 2. The van der Waals surface area contributed by atoms with Gasteiger partial charge in [0, 0.05) is 12.6 Å². The molecule has 0 aromatic heterocycles. The number of hydrogen-bond donors (Lipinski definition) is 3. The lowest BCUT2D eigenvalue weighted by atomic mass is 9.86. The summed E-state index contributed by atoms with van der Waals surface area (Å²) < 4.78 is 0. The van der Waals surface area contributed by atoms with Crippen LogP contribution in [0.2, 0.25) is 0 Å². The van der Waals surface area contributed by atoms with E-state index in [1.807, 2.05) is 20.8 Å². The van der Waals surface area contributed by atoms with Crippen molar-refractivity contribution < 1.29 is 9.59 Å². The van der Waals surface area contributed by atoms with Gasteiger partial charge in [0.15, 0.2) is 0 Å². The first-order chi connectivity index (χ1) is 7.76. The Balaban J connectivity index is 4.43. The molecule has 0 saturated heterocycles. The Bertz CT molecular complexity index is 273. The molecule has 0 aromatic carbocycles. The van der Waals surface area contributed by atoms with Crippen molar-refractivity contribution in [3.63, 3.8) is 0 Å². The predicted molar refractivity (Wildman–Crippen MR) is 68.3 cm³/mol. The van der Waals surface area contributed by atoms with Crippen molar-refractivity contribution in [2.45, 2.75) is 53.1 Å². The lowest BCUT2D eigenvalue weighted by Crippen LogP contribution is -2.52. The number of nitrogens with two attached hydrogens (primary N) is 1. The molecular weight excluding hydrogens is 218 g/mol. The van der Waals surface area contributed by atoms with Gasteiger partial charge >= 0.3 is 0 Å². The zero-order chi connectivity index (χ0) is 13.6. The smallest absolute Gasteiger partial charge is 0.242 e. The molecule has 0 bridgehead atoms. The molecule has 2 atom stereocenters. The summed E-state index contributed by atoms with van der Waals surface area (Å²) in [6.07, 6.45) is 0.647. The summed E-state index contributed by atoms with van der Waals surface area (Å²) in [5.74, 6) is -0.349. The fraction of sp³-hybridized carbons (Fsp3) is 0.833. The minimum Gasteiger partial charge on any atom is -0.352 e. The van der Waals surface area contributed by atoms with Crippen molar-refractivity contribution in [1.29, 1.82) is 0 Å². The number of nitrogens with one attached hydrogen (secondary N) is 2. The summed E-state index contributed by atoms with van der Waals surface area (Å²) in [7, 11) is 0. The van der Waals surface area contributed by atoms with E-state index in [-0.39, 0.29) is 24.4 Å². The van der Waals surface area contributed by atoms with Gasteiger partial charge in [-0.05, 0) is 34.1 Å². The van der Waals surface area contributed by atoms with Gasteiger partial charge in [0.05, 0.1) is 5.41 Å². The average molecular weight is 243 g/mol. The Morgan fingerprint density at radius 1 is 1.24 bits per heavy atom. The predicted octanol–water partition coefficient (Wildman–Crippen LogP) is 0.391. The molecular formula is C12H25N3O2. The van der Waals surface area contributed by atoms with Gasteiger partial charge in [-0.25, -0.2) is 0 Å². The van der Waals surface area contributed by atoms with E-state index in [1.165, 1.54) is 0 Å². The molecule has 0 aliphatic rings. The summed E-state index contributed by atoms with van der Waals surface area (Å²) in [5, 5.41) is 5.45. The maximum atomic E-state index is 12.0. The molecule has 17 heavy (non-hydrogen) atoms. The molecule has 100 valence electrons. The molecule has 0 radical (unpaired) electrons. The number of hydrogen-bond acceptors (Lipinski definition) is 3. The quantitative estimate of drug-likeness (QED) is 0.631. The van der Waals surface area contributed by atoms with Crippen LogP contribution in [0, 0.1) is 5.41 Å². The van der Waals surface area contributed by atoms with Crippen LogP contribution in [0.4, 0.5) is 0 Å². The standard InChI is InChI=1S/C12H25N3O2/c1-6-12(5,7-13)11(17)15-9(4)10(16)14-8(2)3/h8-9H,6-7,13H2,1-5H3,(H,14,16)(H,15,17). The molecule has 5 heteroatoms. The Morgan fingerprint density at radius 2 is 1.76 bits per heavy atom. The molecule has 0 aromatic rings. The van der Waals surface area contributed by atoms with Gasteiger partial charge in [-0.1, -0.05) is 6.92 Å². The molecule has 0 saturated carbocycles. The van der Waals surface area contributed by atoms with Crippen molar-refractivity contribution in [3.05, 3.63) is 0 Å². The molecule has 0 spiro atoms. The van der Waals surface area contributed by atoms with Crippen LogP contribution >= 0.6 is 0 Å². The number of amides is 2. The fourth-order valence-corrected chi connectivity index (χ4v) is 1.24. The third kappa shape index (κ3) is 4.73. The number of carbonyl (C=O) groups is 2. The second-order valence-corrected chi connectivity index (χ2v) is 4.98. The van der Waals surface area contributed by atoms with E-state index < -0.39 is 11.5 Å². The average Bonchev–Trinajstić information content (AvgIpc) is 2.26. The summed E-state index contributed by atoms with van der Waals surface area (Å²) >= 11 is 0. The zero-order valence-corrected chi connectivity index (χ0v) is 11.5. The van der Waals surface area contributed by atoms with Crippen molar-refractivity contribution in [2.75, 3.05) is 6.54 Å². The van der Waals surface area contributed by atoms with Crippen LogP contribution in [0.1, 0.15) is 41.0 Å². The zero-order valence-electron chi connectivity index (χ0n) is 11.5. The van der Waals surface area contributed by atoms with Crippen LogP contribution in [0.25, 0.3) is 0 Å². The van der Waals surface area contributed by atoms with E-state index in [0.717, 1.165) is 0 Å². The van der Waals surface area contributed by atoms with Gasteiger partial charge in [-0.15, -0.1) is 0 Å². The third-order valence-electron chi connectivity index (χ3n) is 2.95. The molecule has 2 amide bonds. The topological polar surface area (TPSA) is 84.2 Å². The highest BCUT2D eigenvalue weighted by atomic mass is 16.2. The normalized spacial score (nSPS) is 16.2. The van der Waals surface area contributed by atoms with Crippen LogP contribution in [-0.2, 0) is 9.59 Å². The maximum absolute atomic E-state index is 12.0. The fourth-order valence-electron chi connectivity index (χ4n) is 1.24. The molecule has 5 nitrogen and oxygen atoms in total. The second-order valence-electron chi connectivity index (χ2n) is 4.98. The maximum Gasteiger partial charge on any atom is 0.242 e. The lowest BCUT2D eigenvalue weighted by Gasteiger charge is -2.27. The molecule has 2 unspecified atom stereocenters. The first-order valence-corrected chi connectivity index (χ1v) is 6.08. The van der Waals surface area contributed by atoms with Crippen LogP contribution < -0.4 is 16.4 Å². The van der Waals surface area contributed by atoms with Crippen molar-refractivity contribution in [2.24, 2.45) is 11.1 Å². The highest BCUT2D eigenvalue weighted by molar-refractivity contribution is 5.89. The van der Waals surface area contributed by atoms with Gasteiger partial charge in [0.25, 0.3) is 0 Å². The van der Waals surface area contributed by atoms with Crippen LogP contribution in [0.15, 0.2) is 0 Å². The minimum atomic E-state index is -0.605. The molecule has 0 rings (SSSR count). The monoisotopic (exact) mass is 243 g/mol. The van der Waals surface area contributed by atoms with Crippen LogP contribution in [0.3, 0.4) is 0 Å². The van der Waals surface area contributed by atoms with E-state index in [2.05, 4.69) is 10.6 Å². The Labute approximate surface area is 104 Å². The third-order valence-corrected chi connectivity index (χ3v) is 2.95. The van der Waals surface area contributed by atoms with Crippen molar-refractivity contribution in [1.82, 2.24) is 10.6 Å². The van der Waals surface area contributed by atoms with E-state index in [1.54, 1.807) is 13.8 Å². The first kappa shape index (κ1) is 15.9. The summed E-state index contributed by atoms with van der Waals surface area (Å²) in [6, 6.07) is -0.476. The van der Waals surface area contributed by atoms with Crippen molar-refractivity contribution >= 4 is 11.8 Å². The lowest BCUT2D eigenvalue weighted by molar-refractivity contribution is -0.134. The summed E-state index contributed by atoms with van der Waals surface area (Å²) in [5.41, 5.74) is 4.98. The molecule has 0 aliphatic heterocycles. The Kier molecular flexibility index (Phi) is 6.16. The van der Waals surface area contributed by atoms with Crippen LogP contribution in [-0.4, -0.2) is 30.4 Å². The van der Waals surface area contributed by atoms with E-state index in [9.17, 15) is 9.59 Å². The van der Waals surface area contributed by atoms with Gasteiger partial charge in [0.1, 0.15) is 6.04 Å². The van der Waals surface area contributed by atoms with E-state index >= 15 is 0 Å². The molecule has 0 aliphatic carbocycles. The SMILES string of the molecule is CCC(C)(CN)C(=O)NC(C)C(=O)NC(C)C. The van der Waals surface area contributed by atoms with Gasteiger partial charge in [-0.2, -0.15) is 0 Å². The van der Waals surface area contributed by atoms with Gasteiger partial charge < -0.3 is 16.4 Å². The molecule has 0 heterocycles. The molecule has 4 N–H and O–H groups in total. The van der Waals surface area contributed by atoms with Crippen LogP contribution in [0.5, 0.6) is 0 Å². The van der Waals surface area contributed by atoms with Gasteiger partial charge in [0.2, 0.25) is 11.8 Å². The largest absolute Gasteiger partial charge is 0.352 e. The highest BCUT2D eigenvalue weighted by Crippen LogP contribution is 2.19. The van der Waals surface area contributed by atoms with Crippen molar-refractivity contribution in [3.8, 4) is 0 Å². The molecule has 0 fully saturated rings. The first-order valence-electron chi connectivity index (χ1n) is 6.08. The minimum absolute atomic E-state index is 0.0638. The second kappa shape index (κ2) is 6.59. The van der Waals surface area contributed by atoms with E-state index in [0.29, 0.717) is 6.42 Å². The number of rotatable bonds is 6. The highest BCUT2D eigenvalue weighted by Gasteiger charge is 2.31.